The smallest absolute Gasteiger partial charge is 0.296 e. The van der Waals surface area contributed by atoms with E-state index in [2.05, 4.69) is 21.2 Å². The van der Waals surface area contributed by atoms with Crippen LogP contribution in [0.25, 0.3) is 0 Å². The number of phenols is 1. The number of phenolic OH excluding ortho intramolecular Hbond substituents is 1. The molecule has 0 saturated heterocycles. The number of nitro benzene ring substituents is 1. The summed E-state index contributed by atoms with van der Waals surface area (Å²) >= 11 is 3.21. The van der Waals surface area contributed by atoms with Crippen LogP contribution in [0.3, 0.4) is 0 Å². The number of nitrogens with zero attached hydrogens (tertiary/aromatic N) is 1. The number of hydrogen-bond acceptors (Lipinski definition) is 4. The van der Waals surface area contributed by atoms with Crippen molar-refractivity contribution in [1.82, 2.24) is 0 Å². The summed E-state index contributed by atoms with van der Waals surface area (Å²) in [7, 11) is 0. The third kappa shape index (κ3) is 3.43. The molecule has 98 valence electrons. The highest BCUT2D eigenvalue weighted by Gasteiger charge is 2.22. The van der Waals surface area contributed by atoms with Crippen LogP contribution in [0.2, 0.25) is 0 Å². The van der Waals surface area contributed by atoms with Gasteiger partial charge in [0.1, 0.15) is 11.4 Å². The molecule has 1 unspecified atom stereocenters. The normalized spacial score (nSPS) is 12.2. The Kier molecular flexibility index (Phi) is 4.66. The summed E-state index contributed by atoms with van der Waals surface area (Å²) in [6.07, 6.45) is 0. The molecule has 18 heavy (non-hydrogen) atoms. The number of anilines is 1. The number of carbonyl (C=O) groups is 1. The van der Waals surface area contributed by atoms with Crippen molar-refractivity contribution in [2.75, 3.05) is 5.32 Å². The monoisotopic (exact) mass is 316 g/mol. The highest BCUT2D eigenvalue weighted by atomic mass is 79.9. The molecule has 0 radical (unpaired) electrons. The molecule has 0 fully saturated rings. The minimum atomic E-state index is -0.659. The molecule has 1 aromatic carbocycles. The van der Waals surface area contributed by atoms with E-state index >= 15 is 0 Å². The number of halogens is 1. The summed E-state index contributed by atoms with van der Waals surface area (Å²) in [4.78, 5) is 21.5. The van der Waals surface area contributed by atoms with Crippen molar-refractivity contribution in [3.8, 4) is 5.75 Å². The van der Waals surface area contributed by atoms with Gasteiger partial charge in [-0.1, -0.05) is 29.8 Å². The number of nitrogens with one attached hydrogen (secondary N) is 1. The summed E-state index contributed by atoms with van der Waals surface area (Å²) in [5, 5.41) is 22.4. The topological polar surface area (TPSA) is 92.5 Å². The van der Waals surface area contributed by atoms with Crippen LogP contribution in [-0.4, -0.2) is 20.8 Å². The average Bonchev–Trinajstić information content (AvgIpc) is 2.29. The quantitative estimate of drug-likeness (QED) is 0.386. The molecule has 0 aromatic heterocycles. The summed E-state index contributed by atoms with van der Waals surface area (Å²) < 4.78 is 0. The van der Waals surface area contributed by atoms with Crippen molar-refractivity contribution >= 4 is 33.2 Å². The number of carbonyl (C=O) groups excluding carboxylic acids is 1. The first-order valence-electron chi connectivity index (χ1n) is 5.25. The van der Waals surface area contributed by atoms with Crippen molar-refractivity contribution in [1.29, 1.82) is 0 Å². The van der Waals surface area contributed by atoms with Crippen LogP contribution in [0.5, 0.6) is 5.75 Å². The first kappa shape index (κ1) is 14.4. The molecule has 1 rings (SSSR count). The fourth-order valence-electron chi connectivity index (χ4n) is 1.28. The third-order valence-electron chi connectivity index (χ3n) is 2.27. The summed E-state index contributed by atoms with van der Waals surface area (Å²) in [5.74, 6) is -0.529. The van der Waals surface area contributed by atoms with Gasteiger partial charge in [0.05, 0.1) is 15.8 Å². The Balaban J connectivity index is 2.98. The predicted molar refractivity (Wildman–Crippen MR) is 70.9 cm³/mol. The summed E-state index contributed by atoms with van der Waals surface area (Å²) in [5.41, 5.74) is -0.278. The second-order valence-electron chi connectivity index (χ2n) is 4.09. The number of aromatic hydroxyl groups is 1. The average molecular weight is 317 g/mol. The highest BCUT2D eigenvalue weighted by molar-refractivity contribution is 9.10. The van der Waals surface area contributed by atoms with Crippen LogP contribution in [0.15, 0.2) is 18.2 Å². The lowest BCUT2D eigenvalue weighted by Gasteiger charge is -2.13. The molecule has 0 aliphatic carbocycles. The van der Waals surface area contributed by atoms with E-state index in [0.29, 0.717) is 0 Å². The van der Waals surface area contributed by atoms with Gasteiger partial charge in [0.25, 0.3) is 5.69 Å². The second-order valence-corrected chi connectivity index (χ2v) is 5.08. The lowest BCUT2D eigenvalue weighted by Crippen LogP contribution is -2.27. The van der Waals surface area contributed by atoms with Crippen LogP contribution >= 0.6 is 15.9 Å². The van der Waals surface area contributed by atoms with Crippen molar-refractivity contribution in [3.63, 3.8) is 0 Å². The van der Waals surface area contributed by atoms with Gasteiger partial charge in [-0.2, -0.15) is 0 Å². The SMILES string of the molecule is CC(C)C(Br)C(=O)Nc1ccc(O)cc1[N+](=O)[O-]. The van der Waals surface area contributed by atoms with Crippen LogP contribution in [-0.2, 0) is 4.79 Å². The van der Waals surface area contributed by atoms with E-state index in [4.69, 9.17) is 0 Å². The number of rotatable bonds is 4. The van der Waals surface area contributed by atoms with E-state index in [0.717, 1.165) is 6.07 Å². The Bertz CT molecular complexity index is 476. The zero-order valence-corrected chi connectivity index (χ0v) is 11.5. The van der Waals surface area contributed by atoms with E-state index in [9.17, 15) is 20.0 Å². The van der Waals surface area contributed by atoms with Crippen LogP contribution in [0, 0.1) is 16.0 Å². The fourth-order valence-corrected chi connectivity index (χ4v) is 1.40. The number of alkyl halides is 1. The van der Waals surface area contributed by atoms with Crippen molar-refractivity contribution in [2.24, 2.45) is 5.92 Å². The van der Waals surface area contributed by atoms with Gasteiger partial charge in [-0.15, -0.1) is 0 Å². The standard InChI is InChI=1S/C11H13BrN2O4/c1-6(2)10(12)11(16)13-8-4-3-7(15)5-9(8)14(17)18/h3-6,10,15H,1-2H3,(H,13,16). The first-order chi connectivity index (χ1) is 8.32. The molecule has 6 nitrogen and oxygen atoms in total. The molecular formula is C11H13BrN2O4. The number of benzene rings is 1. The lowest BCUT2D eigenvalue weighted by molar-refractivity contribution is -0.384. The largest absolute Gasteiger partial charge is 0.508 e. The second kappa shape index (κ2) is 5.81. The molecule has 1 amide bonds. The fraction of sp³-hybridized carbons (Fsp3) is 0.364. The Hall–Kier alpha value is -1.63. The van der Waals surface area contributed by atoms with Gasteiger partial charge in [-0.25, -0.2) is 0 Å². The molecule has 0 aliphatic rings. The van der Waals surface area contributed by atoms with Gasteiger partial charge in [0.2, 0.25) is 5.91 Å². The van der Waals surface area contributed by atoms with Gasteiger partial charge in [-0.3, -0.25) is 14.9 Å². The van der Waals surface area contributed by atoms with E-state index in [1.807, 2.05) is 13.8 Å². The Morgan fingerprint density at radius 3 is 2.61 bits per heavy atom. The van der Waals surface area contributed by atoms with Crippen LogP contribution < -0.4 is 5.32 Å². The summed E-state index contributed by atoms with van der Waals surface area (Å²) in [6, 6.07) is 3.57. The molecular weight excluding hydrogens is 304 g/mol. The Labute approximate surface area is 112 Å². The zero-order valence-electron chi connectivity index (χ0n) is 9.88. The zero-order chi connectivity index (χ0) is 13.9. The van der Waals surface area contributed by atoms with Crippen molar-refractivity contribution in [3.05, 3.63) is 28.3 Å². The van der Waals surface area contributed by atoms with Gasteiger partial charge in [0.15, 0.2) is 0 Å². The first-order valence-corrected chi connectivity index (χ1v) is 6.17. The van der Waals surface area contributed by atoms with Crippen LogP contribution in [0.4, 0.5) is 11.4 Å². The summed E-state index contributed by atoms with van der Waals surface area (Å²) in [6.45, 7) is 3.70. The minimum absolute atomic E-state index is 0.0566. The molecule has 0 spiro atoms. The minimum Gasteiger partial charge on any atom is -0.508 e. The molecule has 2 N–H and O–H groups in total. The number of hydrogen-bond donors (Lipinski definition) is 2. The van der Waals surface area contributed by atoms with E-state index in [1.54, 1.807) is 0 Å². The van der Waals surface area contributed by atoms with Gasteiger partial charge in [0, 0.05) is 0 Å². The molecule has 1 aromatic rings. The maximum Gasteiger partial charge on any atom is 0.296 e. The maximum atomic E-state index is 11.8. The third-order valence-corrected chi connectivity index (χ3v) is 3.74. The molecule has 0 bridgehead atoms. The molecule has 0 saturated carbocycles. The van der Waals surface area contributed by atoms with E-state index < -0.39 is 9.75 Å². The molecule has 7 heteroatoms. The highest BCUT2D eigenvalue weighted by Crippen LogP contribution is 2.29. The van der Waals surface area contributed by atoms with Gasteiger partial charge < -0.3 is 10.4 Å². The molecule has 1 atom stereocenters. The molecule has 0 aliphatic heterocycles. The maximum absolute atomic E-state index is 11.8. The lowest BCUT2D eigenvalue weighted by atomic mass is 10.1. The van der Waals surface area contributed by atoms with Gasteiger partial charge in [-0.05, 0) is 18.1 Å². The van der Waals surface area contributed by atoms with Crippen LogP contribution in [0.1, 0.15) is 13.8 Å². The molecule has 0 heterocycles. The van der Waals surface area contributed by atoms with Crippen molar-refractivity contribution < 1.29 is 14.8 Å². The predicted octanol–water partition coefficient (Wildman–Crippen LogP) is 2.66. The number of amides is 1. The number of nitro groups is 1. The van der Waals surface area contributed by atoms with E-state index in [-0.39, 0.29) is 28.9 Å². The Morgan fingerprint density at radius 2 is 2.11 bits per heavy atom. The van der Waals surface area contributed by atoms with Crippen molar-refractivity contribution in [2.45, 2.75) is 18.7 Å². The Morgan fingerprint density at radius 1 is 1.50 bits per heavy atom. The van der Waals surface area contributed by atoms with E-state index in [1.165, 1.54) is 12.1 Å². The van der Waals surface area contributed by atoms with Gasteiger partial charge >= 0.3 is 0 Å².